The molecular formula is C32H31N5O5S2. The van der Waals surface area contributed by atoms with E-state index in [1.165, 1.54) is 22.0 Å². The molecule has 0 saturated carbocycles. The lowest BCUT2D eigenvalue weighted by Gasteiger charge is -2.26. The highest BCUT2D eigenvalue weighted by atomic mass is 32.2. The summed E-state index contributed by atoms with van der Waals surface area (Å²) in [6, 6.07) is 13.6. The number of hydrogen-bond acceptors (Lipinski definition) is 10. The van der Waals surface area contributed by atoms with Crippen LogP contribution < -0.4 is 14.9 Å². The van der Waals surface area contributed by atoms with Gasteiger partial charge in [0, 0.05) is 18.5 Å². The summed E-state index contributed by atoms with van der Waals surface area (Å²) >= 11 is 2.28. The summed E-state index contributed by atoms with van der Waals surface area (Å²) in [6.45, 7) is 8.15. The maximum Gasteiger partial charge on any atom is 0.338 e. The van der Waals surface area contributed by atoms with Crippen LogP contribution in [-0.2, 0) is 9.53 Å². The van der Waals surface area contributed by atoms with Crippen LogP contribution in [0, 0.1) is 10.1 Å². The lowest BCUT2D eigenvalue weighted by atomic mass is 9.92. The Morgan fingerprint density at radius 3 is 2.52 bits per heavy atom. The van der Waals surface area contributed by atoms with Crippen LogP contribution in [0.15, 0.2) is 92.0 Å². The molecule has 12 heteroatoms. The average molecular weight is 630 g/mol. The fourth-order valence-electron chi connectivity index (χ4n) is 4.94. The van der Waals surface area contributed by atoms with E-state index in [1.807, 2.05) is 31.2 Å². The Morgan fingerprint density at radius 1 is 1.16 bits per heavy atom. The van der Waals surface area contributed by atoms with Crippen LogP contribution in [0.1, 0.15) is 69.2 Å². The Balaban J connectivity index is 1.66. The number of aromatic nitrogens is 3. The van der Waals surface area contributed by atoms with Gasteiger partial charge in [-0.3, -0.25) is 19.5 Å². The quantitative estimate of drug-likeness (QED) is 0.0966. The summed E-state index contributed by atoms with van der Waals surface area (Å²) in [4.78, 5) is 52.8. The van der Waals surface area contributed by atoms with Gasteiger partial charge in [0.1, 0.15) is 0 Å². The Morgan fingerprint density at radius 2 is 1.89 bits per heavy atom. The largest absolute Gasteiger partial charge is 0.463 e. The number of carbonyl (C=O) groups is 1. The molecule has 2 aromatic carbocycles. The maximum atomic E-state index is 14.0. The molecule has 44 heavy (non-hydrogen) atoms. The number of carbonyl (C=O) groups excluding carboxylic acids is 1. The number of nitro groups is 1. The molecule has 0 fully saturated rings. The summed E-state index contributed by atoms with van der Waals surface area (Å²) in [6.07, 6.45) is 6.05. The number of allylic oxidation sites excluding steroid dienone is 1. The van der Waals surface area contributed by atoms with Gasteiger partial charge < -0.3 is 4.74 Å². The van der Waals surface area contributed by atoms with E-state index < -0.39 is 16.9 Å². The lowest BCUT2D eigenvalue weighted by Crippen LogP contribution is -2.40. The second kappa shape index (κ2) is 13.5. The summed E-state index contributed by atoms with van der Waals surface area (Å²) in [7, 11) is 0. The van der Waals surface area contributed by atoms with Gasteiger partial charge in [0.05, 0.1) is 38.3 Å². The van der Waals surface area contributed by atoms with Gasteiger partial charge in [-0.25, -0.2) is 19.8 Å². The predicted molar refractivity (Wildman–Crippen MR) is 169 cm³/mol. The fourth-order valence-corrected chi connectivity index (χ4v) is 6.76. The zero-order chi connectivity index (χ0) is 31.4. The van der Waals surface area contributed by atoms with Crippen molar-refractivity contribution in [3.05, 3.63) is 119 Å². The molecule has 10 nitrogen and oxygen atoms in total. The molecule has 2 aromatic heterocycles. The number of hydrogen-bond donors (Lipinski definition) is 0. The van der Waals surface area contributed by atoms with Crippen molar-refractivity contribution >= 4 is 40.8 Å². The monoisotopic (exact) mass is 629 g/mol. The number of nitrogens with zero attached hydrogens (tertiary/aromatic N) is 5. The fraction of sp³-hybridized carbons (Fsp3) is 0.281. The van der Waals surface area contributed by atoms with E-state index in [-0.39, 0.29) is 17.9 Å². The third-order valence-corrected chi connectivity index (χ3v) is 8.97. The highest BCUT2D eigenvalue weighted by molar-refractivity contribution is 7.99. The van der Waals surface area contributed by atoms with E-state index >= 15 is 0 Å². The molecule has 0 unspecified atom stereocenters. The van der Waals surface area contributed by atoms with Crippen molar-refractivity contribution in [3.63, 3.8) is 0 Å². The van der Waals surface area contributed by atoms with Crippen molar-refractivity contribution in [2.24, 2.45) is 4.99 Å². The zero-order valence-corrected chi connectivity index (χ0v) is 26.4. The lowest BCUT2D eigenvalue weighted by molar-refractivity contribution is -0.387. The molecule has 0 saturated heterocycles. The molecule has 0 radical (unpaired) electrons. The van der Waals surface area contributed by atoms with Gasteiger partial charge in [0.15, 0.2) is 9.96 Å². The Bertz CT molecular complexity index is 1910. The Hall–Kier alpha value is -4.42. The summed E-state index contributed by atoms with van der Waals surface area (Å²) < 4.78 is 7.35. The van der Waals surface area contributed by atoms with Crippen LogP contribution in [-0.4, -0.2) is 32.0 Å². The molecule has 0 N–H and O–H groups in total. The minimum absolute atomic E-state index is 0.123. The Kier molecular flexibility index (Phi) is 9.50. The Labute approximate surface area is 262 Å². The van der Waals surface area contributed by atoms with Crippen molar-refractivity contribution in [2.45, 2.75) is 62.5 Å². The van der Waals surface area contributed by atoms with Crippen LogP contribution >= 0.6 is 23.1 Å². The highest BCUT2D eigenvalue weighted by Gasteiger charge is 2.34. The minimum Gasteiger partial charge on any atom is -0.463 e. The van der Waals surface area contributed by atoms with Crippen molar-refractivity contribution in [2.75, 3.05) is 6.61 Å². The first-order valence-corrected chi connectivity index (χ1v) is 15.9. The van der Waals surface area contributed by atoms with Gasteiger partial charge in [0.2, 0.25) is 0 Å². The van der Waals surface area contributed by atoms with Gasteiger partial charge in [-0.2, -0.15) is 0 Å². The number of thiazole rings is 1. The maximum absolute atomic E-state index is 14.0. The molecule has 0 spiro atoms. The zero-order valence-electron chi connectivity index (χ0n) is 24.7. The number of nitro benzene ring substituents is 1. The first kappa shape index (κ1) is 31.0. The third-order valence-electron chi connectivity index (χ3n) is 7.03. The molecule has 1 aliphatic rings. The standard InChI is InChI=1S/C32H31N5O5S2/c1-5-8-23-27(30(39)42-6-2)28(22-12-10-21(11-13-22)19(3)4)36-29(38)26(44-32(36)35-23)18-20-9-14-25(24(17-20)37(40)41)43-31-33-15-7-16-34-31/h7,9-19,28H,5-6,8H2,1-4H3/b26-18+/t28-/m0/s1. The second-order valence-electron chi connectivity index (χ2n) is 10.4. The molecule has 4 aromatic rings. The third kappa shape index (κ3) is 6.41. The van der Waals surface area contributed by atoms with Crippen LogP contribution in [0.4, 0.5) is 5.69 Å². The highest BCUT2D eigenvalue weighted by Crippen LogP contribution is 2.35. The van der Waals surface area contributed by atoms with Gasteiger partial charge in [-0.15, -0.1) is 0 Å². The van der Waals surface area contributed by atoms with E-state index in [2.05, 4.69) is 23.8 Å². The normalized spacial score (nSPS) is 14.8. The molecular weight excluding hydrogens is 599 g/mol. The van der Waals surface area contributed by atoms with E-state index in [1.54, 1.807) is 43.6 Å². The van der Waals surface area contributed by atoms with Crippen molar-refractivity contribution in [1.29, 1.82) is 0 Å². The molecule has 1 atom stereocenters. The first-order chi connectivity index (χ1) is 21.2. The number of ether oxygens (including phenoxy) is 1. The van der Waals surface area contributed by atoms with Gasteiger partial charge in [-0.1, -0.05) is 68.9 Å². The molecule has 0 aliphatic carbocycles. The van der Waals surface area contributed by atoms with Crippen LogP contribution in [0.3, 0.4) is 0 Å². The average Bonchev–Trinajstić information content (AvgIpc) is 3.32. The minimum atomic E-state index is -0.728. The smallest absolute Gasteiger partial charge is 0.338 e. The molecule has 226 valence electrons. The number of rotatable bonds is 10. The van der Waals surface area contributed by atoms with Crippen LogP contribution in [0.25, 0.3) is 6.08 Å². The van der Waals surface area contributed by atoms with E-state index in [4.69, 9.17) is 9.73 Å². The number of benzene rings is 2. The van der Waals surface area contributed by atoms with Gasteiger partial charge >= 0.3 is 5.97 Å². The molecule has 0 bridgehead atoms. The van der Waals surface area contributed by atoms with Crippen LogP contribution in [0.5, 0.6) is 0 Å². The van der Waals surface area contributed by atoms with Gasteiger partial charge in [0.25, 0.3) is 11.2 Å². The summed E-state index contributed by atoms with van der Waals surface area (Å²) in [5.74, 6) is -0.186. The van der Waals surface area contributed by atoms with E-state index in [0.717, 1.165) is 29.3 Å². The number of fused-ring (bicyclic) bond motifs is 1. The van der Waals surface area contributed by atoms with Gasteiger partial charge in [-0.05, 0) is 65.9 Å². The van der Waals surface area contributed by atoms with Crippen molar-refractivity contribution < 1.29 is 14.5 Å². The second-order valence-corrected chi connectivity index (χ2v) is 12.4. The molecule has 5 rings (SSSR count). The SMILES string of the molecule is CCCC1=C(C(=O)OCC)[C@H](c2ccc(C(C)C)cc2)n2c(s/c(=C/c3ccc(Sc4ncccn4)c([N+](=O)[O-])c3)c2=O)=N1. The first-order valence-electron chi connectivity index (χ1n) is 14.3. The number of esters is 1. The summed E-state index contributed by atoms with van der Waals surface area (Å²) in [5.41, 5.74) is 2.87. The molecule has 1 aliphatic heterocycles. The van der Waals surface area contributed by atoms with Crippen molar-refractivity contribution in [3.8, 4) is 0 Å². The van der Waals surface area contributed by atoms with Crippen molar-refractivity contribution in [1.82, 2.24) is 14.5 Å². The van der Waals surface area contributed by atoms with Crippen LogP contribution in [0.2, 0.25) is 0 Å². The van der Waals surface area contributed by atoms with E-state index in [9.17, 15) is 19.7 Å². The topological polar surface area (TPSA) is 130 Å². The van der Waals surface area contributed by atoms with E-state index in [0.29, 0.717) is 48.6 Å². The molecule has 3 heterocycles. The molecule has 0 amide bonds. The summed E-state index contributed by atoms with van der Waals surface area (Å²) in [5, 5.41) is 12.4. The predicted octanol–water partition coefficient (Wildman–Crippen LogP) is 5.55.